The molecule has 1 saturated heterocycles. The lowest BCUT2D eigenvalue weighted by atomic mass is 9.85. The Balaban J connectivity index is 0.000000963. The third kappa shape index (κ3) is 1.26. The lowest BCUT2D eigenvalue weighted by molar-refractivity contribution is -0.140. The van der Waals surface area contributed by atoms with Gasteiger partial charge in [0.05, 0.1) is 11.8 Å². The number of rotatable bonds is 2. The Labute approximate surface area is 100 Å². The largest absolute Gasteiger partial charge is 0.329 e. The molecule has 2 N–H and O–H groups in total. The number of imide groups is 1. The summed E-state index contributed by atoms with van der Waals surface area (Å²) in [7, 11) is 0. The van der Waals surface area contributed by atoms with Gasteiger partial charge in [0.1, 0.15) is 0 Å². The molecule has 3 rings (SSSR count). The second-order valence-corrected chi connectivity index (χ2v) is 4.62. The van der Waals surface area contributed by atoms with Gasteiger partial charge in [0.15, 0.2) is 0 Å². The quantitative estimate of drug-likeness (QED) is 0.555. The van der Waals surface area contributed by atoms with Crippen LogP contribution in [-0.2, 0) is 9.59 Å². The van der Waals surface area contributed by atoms with Crippen molar-refractivity contribution in [1.82, 2.24) is 4.90 Å². The van der Waals surface area contributed by atoms with E-state index in [0.29, 0.717) is 24.9 Å². The number of hydrogen-bond acceptors (Lipinski definition) is 3. The van der Waals surface area contributed by atoms with E-state index in [-0.39, 0.29) is 36.1 Å². The first-order valence-corrected chi connectivity index (χ1v) is 5.47. The zero-order chi connectivity index (χ0) is 10.6. The van der Waals surface area contributed by atoms with Gasteiger partial charge in [-0.05, 0) is 18.3 Å². The van der Waals surface area contributed by atoms with E-state index in [4.69, 9.17) is 5.73 Å². The molecule has 0 radical (unpaired) electrons. The van der Waals surface area contributed by atoms with Crippen LogP contribution in [0.3, 0.4) is 0 Å². The number of carbonyl (C=O) groups excluding carboxylic acids is 2. The van der Waals surface area contributed by atoms with Crippen LogP contribution in [0.5, 0.6) is 0 Å². The molecule has 2 amide bonds. The Bertz CT molecular complexity index is 339. The Morgan fingerprint density at radius 2 is 1.69 bits per heavy atom. The molecular formula is C11H15ClN2O2. The predicted molar refractivity (Wildman–Crippen MR) is 60.7 cm³/mol. The van der Waals surface area contributed by atoms with Gasteiger partial charge in [-0.25, -0.2) is 0 Å². The summed E-state index contributed by atoms with van der Waals surface area (Å²) in [6.45, 7) is 0.740. The van der Waals surface area contributed by atoms with Gasteiger partial charge in [-0.15, -0.1) is 12.4 Å². The molecule has 0 aromatic carbocycles. The van der Waals surface area contributed by atoms with Crippen molar-refractivity contribution in [3.8, 4) is 0 Å². The van der Waals surface area contributed by atoms with Gasteiger partial charge in [0, 0.05) is 13.1 Å². The van der Waals surface area contributed by atoms with Gasteiger partial charge in [-0.3, -0.25) is 14.5 Å². The van der Waals surface area contributed by atoms with E-state index in [1.807, 2.05) is 0 Å². The highest BCUT2D eigenvalue weighted by Gasteiger charge is 2.58. The van der Waals surface area contributed by atoms with Crippen LogP contribution in [0.2, 0.25) is 0 Å². The molecule has 4 nitrogen and oxygen atoms in total. The second kappa shape index (κ2) is 3.86. The van der Waals surface area contributed by atoms with E-state index in [0.717, 1.165) is 6.42 Å². The highest BCUT2D eigenvalue weighted by Crippen LogP contribution is 2.52. The highest BCUT2D eigenvalue weighted by molar-refractivity contribution is 6.06. The normalized spacial score (nSPS) is 39.2. The molecule has 2 fully saturated rings. The first kappa shape index (κ1) is 11.6. The number of amides is 2. The van der Waals surface area contributed by atoms with Crippen LogP contribution in [0.1, 0.15) is 6.42 Å². The van der Waals surface area contributed by atoms with Gasteiger partial charge < -0.3 is 5.73 Å². The lowest BCUT2D eigenvalue weighted by Gasteiger charge is -2.15. The van der Waals surface area contributed by atoms with Crippen LogP contribution in [0.15, 0.2) is 12.2 Å². The van der Waals surface area contributed by atoms with Crippen LogP contribution in [-0.4, -0.2) is 29.8 Å². The molecule has 16 heavy (non-hydrogen) atoms. The average Bonchev–Trinajstić information content (AvgIpc) is 2.87. The number of carbonyl (C=O) groups is 2. The molecule has 4 unspecified atom stereocenters. The summed E-state index contributed by atoms with van der Waals surface area (Å²) in [4.78, 5) is 25.3. The van der Waals surface area contributed by atoms with Crippen molar-refractivity contribution in [2.24, 2.45) is 29.4 Å². The van der Waals surface area contributed by atoms with Crippen molar-refractivity contribution in [2.45, 2.75) is 6.42 Å². The Hall–Kier alpha value is -0.870. The molecule has 0 spiro atoms. The average molecular weight is 243 g/mol. The first-order valence-electron chi connectivity index (χ1n) is 5.47. The summed E-state index contributed by atoms with van der Waals surface area (Å²) >= 11 is 0. The molecule has 1 aliphatic heterocycles. The summed E-state index contributed by atoms with van der Waals surface area (Å²) in [5.74, 6) is 0.483. The van der Waals surface area contributed by atoms with Crippen LogP contribution < -0.4 is 5.73 Å². The minimum Gasteiger partial charge on any atom is -0.329 e. The predicted octanol–water partition coefficient (Wildman–Crippen LogP) is 0.174. The molecule has 1 heterocycles. The third-order valence-electron chi connectivity index (χ3n) is 3.91. The molecule has 3 aliphatic rings. The smallest absolute Gasteiger partial charge is 0.233 e. The van der Waals surface area contributed by atoms with Gasteiger partial charge in [-0.1, -0.05) is 12.2 Å². The highest BCUT2D eigenvalue weighted by atomic mass is 35.5. The maximum atomic E-state index is 12.0. The minimum atomic E-state index is -0.0703. The molecule has 2 bridgehead atoms. The zero-order valence-corrected chi connectivity index (χ0v) is 9.65. The van der Waals surface area contributed by atoms with Crippen molar-refractivity contribution in [2.75, 3.05) is 13.1 Å². The fraction of sp³-hybridized carbons (Fsp3) is 0.636. The van der Waals surface area contributed by atoms with Gasteiger partial charge in [-0.2, -0.15) is 0 Å². The van der Waals surface area contributed by atoms with Crippen molar-refractivity contribution < 1.29 is 9.59 Å². The van der Waals surface area contributed by atoms with E-state index in [9.17, 15) is 9.59 Å². The summed E-state index contributed by atoms with van der Waals surface area (Å²) in [6.07, 6.45) is 5.19. The minimum absolute atomic E-state index is 0. The van der Waals surface area contributed by atoms with Crippen LogP contribution in [0, 0.1) is 23.7 Å². The number of nitrogens with two attached hydrogens (primary N) is 1. The Morgan fingerprint density at radius 1 is 1.19 bits per heavy atom. The molecule has 5 heteroatoms. The fourth-order valence-electron chi connectivity index (χ4n) is 3.31. The van der Waals surface area contributed by atoms with Crippen molar-refractivity contribution >= 4 is 24.2 Å². The number of fused-ring (bicyclic) bond motifs is 5. The third-order valence-corrected chi connectivity index (χ3v) is 3.91. The van der Waals surface area contributed by atoms with Crippen molar-refractivity contribution in [3.63, 3.8) is 0 Å². The topological polar surface area (TPSA) is 63.4 Å². The van der Waals surface area contributed by atoms with Crippen LogP contribution >= 0.6 is 12.4 Å². The maximum Gasteiger partial charge on any atom is 0.233 e. The van der Waals surface area contributed by atoms with E-state index >= 15 is 0 Å². The molecule has 0 aromatic heterocycles. The first-order chi connectivity index (χ1) is 7.24. The molecule has 88 valence electrons. The van der Waals surface area contributed by atoms with Crippen molar-refractivity contribution in [1.29, 1.82) is 0 Å². The summed E-state index contributed by atoms with van der Waals surface area (Å²) in [5, 5.41) is 0. The lowest BCUT2D eigenvalue weighted by Crippen LogP contribution is -2.36. The Kier molecular flexibility index (Phi) is 2.80. The van der Waals surface area contributed by atoms with E-state index in [1.54, 1.807) is 0 Å². The molecule has 2 aliphatic carbocycles. The number of likely N-dealkylation sites (tertiary alicyclic amines) is 1. The number of nitrogens with zero attached hydrogens (tertiary/aromatic N) is 1. The molecule has 1 saturated carbocycles. The number of allylic oxidation sites excluding steroid dienone is 2. The SMILES string of the molecule is Cl.NCCN1C(=O)C2C3C=CC(C3)C2C1=O. The monoisotopic (exact) mass is 242 g/mol. The molecule has 0 aromatic rings. The van der Waals surface area contributed by atoms with Gasteiger partial charge in [0.2, 0.25) is 11.8 Å². The standard InChI is InChI=1S/C11H14N2O2.ClH/c12-3-4-13-10(14)8-6-1-2-7(5-6)9(8)11(13)15;/h1-2,6-9H,3-5,12H2;1H. The van der Waals surface area contributed by atoms with Gasteiger partial charge >= 0.3 is 0 Å². The van der Waals surface area contributed by atoms with E-state index in [1.165, 1.54) is 4.90 Å². The second-order valence-electron chi connectivity index (χ2n) is 4.62. The van der Waals surface area contributed by atoms with Crippen LogP contribution in [0.25, 0.3) is 0 Å². The number of hydrogen-bond donors (Lipinski definition) is 1. The van der Waals surface area contributed by atoms with Gasteiger partial charge in [0.25, 0.3) is 0 Å². The zero-order valence-electron chi connectivity index (χ0n) is 8.83. The summed E-state index contributed by atoms with van der Waals surface area (Å²) in [6, 6.07) is 0. The van der Waals surface area contributed by atoms with Crippen LogP contribution in [0.4, 0.5) is 0 Å². The summed E-state index contributed by atoms with van der Waals surface area (Å²) < 4.78 is 0. The maximum absolute atomic E-state index is 12.0. The number of halogens is 1. The molecular weight excluding hydrogens is 228 g/mol. The Morgan fingerprint density at radius 3 is 2.12 bits per heavy atom. The molecule has 4 atom stereocenters. The van der Waals surface area contributed by atoms with E-state index < -0.39 is 0 Å². The van der Waals surface area contributed by atoms with Crippen molar-refractivity contribution in [3.05, 3.63) is 12.2 Å². The fourth-order valence-corrected chi connectivity index (χ4v) is 3.31. The summed E-state index contributed by atoms with van der Waals surface area (Å²) in [5.41, 5.74) is 5.41. The van der Waals surface area contributed by atoms with E-state index in [2.05, 4.69) is 12.2 Å².